The molecule has 6 heteroatoms. The van der Waals surface area contributed by atoms with Crippen LogP contribution < -0.4 is 4.74 Å². The lowest BCUT2D eigenvalue weighted by Crippen LogP contribution is -2.37. The topological polar surface area (TPSA) is 70.4 Å². The lowest BCUT2D eigenvalue weighted by Gasteiger charge is -2.29. The maximum absolute atomic E-state index is 12.1. The number of nitrogens with zero attached hydrogens (tertiary/aromatic N) is 2. The predicted octanol–water partition coefficient (Wildman–Crippen LogP) is 1.51. The van der Waals surface area contributed by atoms with E-state index in [1.54, 1.807) is 13.5 Å². The van der Waals surface area contributed by atoms with Crippen LogP contribution in [0.4, 0.5) is 0 Å². The molecule has 1 saturated heterocycles. The summed E-state index contributed by atoms with van der Waals surface area (Å²) in [7, 11) is -3.50. The van der Waals surface area contributed by atoms with Gasteiger partial charge in [-0.2, -0.15) is 9.57 Å². The van der Waals surface area contributed by atoms with Gasteiger partial charge < -0.3 is 4.74 Å². The number of benzene rings is 1. The van der Waals surface area contributed by atoms with Gasteiger partial charge in [0.05, 0.1) is 17.1 Å². The molecule has 1 aliphatic heterocycles. The summed E-state index contributed by atoms with van der Waals surface area (Å²) in [5, 5.41) is 9.00. The molecule has 95 valence electrons. The number of rotatable bonds is 4. The summed E-state index contributed by atoms with van der Waals surface area (Å²) >= 11 is 0. The second-order valence-electron chi connectivity index (χ2n) is 3.79. The van der Waals surface area contributed by atoms with E-state index in [9.17, 15) is 8.42 Å². The Hall–Kier alpha value is -1.58. The third-order valence-electron chi connectivity index (χ3n) is 2.66. The molecule has 0 aliphatic carbocycles. The van der Waals surface area contributed by atoms with Crippen LogP contribution in [0.2, 0.25) is 0 Å². The van der Waals surface area contributed by atoms with Crippen molar-refractivity contribution in [2.75, 3.05) is 13.2 Å². The van der Waals surface area contributed by atoms with E-state index in [4.69, 9.17) is 10.00 Å². The zero-order valence-electron chi connectivity index (χ0n) is 9.96. The molecule has 1 aliphatic rings. The summed E-state index contributed by atoms with van der Waals surface area (Å²) in [5.41, 5.74) is 0.235. The molecule has 0 bridgehead atoms. The van der Waals surface area contributed by atoms with Crippen LogP contribution in [-0.4, -0.2) is 25.9 Å². The normalized spacial score (nSPS) is 15.8. The fraction of sp³-hybridized carbons (Fsp3) is 0.333. The lowest BCUT2D eigenvalue weighted by atomic mass is 10.2. The van der Waals surface area contributed by atoms with Crippen molar-refractivity contribution in [1.29, 1.82) is 5.26 Å². The number of sulfonamides is 1. The largest absolute Gasteiger partial charge is 0.492 e. The first-order chi connectivity index (χ1) is 8.59. The molecule has 0 saturated carbocycles. The van der Waals surface area contributed by atoms with Gasteiger partial charge in [-0.3, -0.25) is 0 Å². The average molecular weight is 265 g/mol. The van der Waals surface area contributed by atoms with Gasteiger partial charge in [0.25, 0.3) is 0 Å². The first kappa shape index (κ1) is 12.9. The van der Waals surface area contributed by atoms with Gasteiger partial charge in [-0.1, -0.05) is 0 Å². The molecule has 0 spiro atoms. The zero-order valence-corrected chi connectivity index (χ0v) is 10.8. The van der Waals surface area contributed by atoms with Gasteiger partial charge >= 0.3 is 0 Å². The monoisotopic (exact) mass is 265 g/mol. The molecule has 1 radical (unpaired) electrons. The maximum atomic E-state index is 12.1. The SMILES string of the molecule is CCOc1ccc(S(=O)(=O)N2[CH]CC2)cc1C#N. The van der Waals surface area contributed by atoms with Crippen molar-refractivity contribution in [3.63, 3.8) is 0 Å². The van der Waals surface area contributed by atoms with Crippen LogP contribution >= 0.6 is 0 Å². The van der Waals surface area contributed by atoms with Gasteiger partial charge in [0, 0.05) is 13.1 Å². The molecule has 0 N–H and O–H groups in total. The quantitative estimate of drug-likeness (QED) is 0.827. The molecule has 1 fully saturated rings. The summed E-state index contributed by atoms with van der Waals surface area (Å²) in [4.78, 5) is 0.124. The van der Waals surface area contributed by atoms with Crippen LogP contribution in [0.25, 0.3) is 0 Å². The van der Waals surface area contributed by atoms with Gasteiger partial charge in [0.1, 0.15) is 11.8 Å². The van der Waals surface area contributed by atoms with Crippen LogP contribution in [0.5, 0.6) is 5.75 Å². The highest BCUT2D eigenvalue weighted by Gasteiger charge is 2.30. The van der Waals surface area contributed by atoms with Crippen LogP contribution in [0.1, 0.15) is 18.9 Å². The van der Waals surface area contributed by atoms with Gasteiger partial charge in [0.15, 0.2) is 0 Å². The minimum absolute atomic E-state index is 0.124. The minimum Gasteiger partial charge on any atom is -0.492 e. The van der Waals surface area contributed by atoms with Crippen molar-refractivity contribution in [2.45, 2.75) is 18.2 Å². The summed E-state index contributed by atoms with van der Waals surface area (Å²) in [6.07, 6.45) is 0.765. The third kappa shape index (κ3) is 2.19. The number of ether oxygens (including phenoxy) is 1. The predicted molar refractivity (Wildman–Crippen MR) is 65.1 cm³/mol. The van der Waals surface area contributed by atoms with Crippen LogP contribution in [0, 0.1) is 17.9 Å². The third-order valence-corrected chi connectivity index (χ3v) is 4.46. The summed E-state index contributed by atoms with van der Waals surface area (Å²) < 4.78 is 30.7. The fourth-order valence-corrected chi connectivity index (χ4v) is 3.05. The molecule has 0 amide bonds. The second kappa shape index (κ2) is 4.96. The molecule has 1 aromatic rings. The van der Waals surface area contributed by atoms with Gasteiger partial charge in [-0.05, 0) is 31.5 Å². The standard InChI is InChI=1S/C12H13N2O3S/c1-2-17-12-5-4-11(8-10(12)9-13)18(15,16)14-6-3-7-14/h4-6,8H,2-3,7H2,1H3. The van der Waals surface area contributed by atoms with E-state index in [1.165, 1.54) is 22.5 Å². The molecule has 1 heterocycles. The smallest absolute Gasteiger partial charge is 0.243 e. The Morgan fingerprint density at radius 3 is 2.72 bits per heavy atom. The molecule has 0 atom stereocenters. The first-order valence-electron chi connectivity index (χ1n) is 5.61. The van der Waals surface area contributed by atoms with E-state index in [0.717, 1.165) is 6.42 Å². The van der Waals surface area contributed by atoms with Crippen molar-refractivity contribution in [3.8, 4) is 11.8 Å². The van der Waals surface area contributed by atoms with Gasteiger partial charge in [0.2, 0.25) is 10.0 Å². The van der Waals surface area contributed by atoms with E-state index in [0.29, 0.717) is 18.9 Å². The van der Waals surface area contributed by atoms with E-state index < -0.39 is 10.0 Å². The Labute approximate surface area is 107 Å². The molecular weight excluding hydrogens is 252 g/mol. The lowest BCUT2D eigenvalue weighted by molar-refractivity contribution is 0.339. The Morgan fingerprint density at radius 2 is 2.22 bits per heavy atom. The molecule has 18 heavy (non-hydrogen) atoms. The maximum Gasteiger partial charge on any atom is 0.243 e. The van der Waals surface area contributed by atoms with Gasteiger partial charge in [-0.15, -0.1) is 0 Å². The molecule has 0 unspecified atom stereocenters. The first-order valence-corrected chi connectivity index (χ1v) is 7.05. The minimum atomic E-state index is -3.50. The highest BCUT2D eigenvalue weighted by Crippen LogP contribution is 2.27. The Balaban J connectivity index is 2.38. The average Bonchev–Trinajstić information content (AvgIpc) is 2.26. The molecular formula is C12H13N2O3S. The number of hydrogen-bond acceptors (Lipinski definition) is 4. The summed E-state index contributed by atoms with van der Waals surface area (Å²) in [5.74, 6) is 0.409. The van der Waals surface area contributed by atoms with E-state index in [2.05, 4.69) is 0 Å². The molecule has 2 rings (SSSR count). The van der Waals surface area contributed by atoms with Crippen LogP contribution in [0.15, 0.2) is 23.1 Å². The van der Waals surface area contributed by atoms with Crippen LogP contribution in [-0.2, 0) is 10.0 Å². The van der Waals surface area contributed by atoms with Gasteiger partial charge in [-0.25, -0.2) is 8.42 Å². The van der Waals surface area contributed by atoms with E-state index in [1.807, 2.05) is 6.07 Å². The van der Waals surface area contributed by atoms with Crippen molar-refractivity contribution in [1.82, 2.24) is 4.31 Å². The number of nitriles is 1. The Kier molecular flexibility index (Phi) is 3.55. The van der Waals surface area contributed by atoms with Crippen molar-refractivity contribution < 1.29 is 13.2 Å². The van der Waals surface area contributed by atoms with Crippen molar-refractivity contribution in [2.24, 2.45) is 0 Å². The summed E-state index contributed by atoms with van der Waals surface area (Å²) in [6, 6.07) is 6.29. The fourth-order valence-electron chi connectivity index (χ4n) is 1.63. The Bertz CT molecular complexity index is 586. The van der Waals surface area contributed by atoms with E-state index in [-0.39, 0.29) is 10.5 Å². The Morgan fingerprint density at radius 1 is 1.50 bits per heavy atom. The number of hydrogen-bond donors (Lipinski definition) is 0. The molecule has 0 aromatic heterocycles. The highest BCUT2D eigenvalue weighted by atomic mass is 32.2. The highest BCUT2D eigenvalue weighted by molar-refractivity contribution is 7.89. The second-order valence-corrected chi connectivity index (χ2v) is 5.68. The zero-order chi connectivity index (χ0) is 13.2. The molecule has 1 aromatic carbocycles. The van der Waals surface area contributed by atoms with Crippen molar-refractivity contribution in [3.05, 3.63) is 30.3 Å². The molecule has 5 nitrogen and oxygen atoms in total. The summed E-state index contributed by atoms with van der Waals surface area (Å²) in [6.45, 7) is 4.36. The van der Waals surface area contributed by atoms with E-state index >= 15 is 0 Å². The van der Waals surface area contributed by atoms with Crippen molar-refractivity contribution >= 4 is 10.0 Å². The van der Waals surface area contributed by atoms with Crippen LogP contribution in [0.3, 0.4) is 0 Å².